The topological polar surface area (TPSA) is 54.0 Å². The highest BCUT2D eigenvalue weighted by Gasteiger charge is 2.29. The standard InChI is InChI=1S/C8H16O5/c1-7(9)13-6-5-8(10-2,11-3)12-4/h5-6H2,1-4H3. The largest absolute Gasteiger partial charge is 0.466 e. The molecule has 0 aromatic rings. The second-order valence-corrected chi connectivity index (χ2v) is 2.39. The Morgan fingerprint density at radius 1 is 1.15 bits per heavy atom. The van der Waals surface area contributed by atoms with Gasteiger partial charge in [0.25, 0.3) is 5.97 Å². The molecule has 78 valence electrons. The molecule has 0 unspecified atom stereocenters. The summed E-state index contributed by atoms with van der Waals surface area (Å²) in [6.07, 6.45) is 0.329. The van der Waals surface area contributed by atoms with Gasteiger partial charge in [0.1, 0.15) is 0 Å². The van der Waals surface area contributed by atoms with E-state index < -0.39 is 5.97 Å². The average Bonchev–Trinajstić information content (AvgIpc) is 2.13. The first-order valence-electron chi connectivity index (χ1n) is 3.89. The van der Waals surface area contributed by atoms with Crippen LogP contribution in [0.3, 0.4) is 0 Å². The van der Waals surface area contributed by atoms with Gasteiger partial charge >= 0.3 is 5.97 Å². The fraction of sp³-hybridized carbons (Fsp3) is 0.875. The van der Waals surface area contributed by atoms with Gasteiger partial charge in [-0.2, -0.15) is 0 Å². The van der Waals surface area contributed by atoms with E-state index in [1.54, 1.807) is 0 Å². The number of rotatable bonds is 6. The first-order valence-corrected chi connectivity index (χ1v) is 3.89. The van der Waals surface area contributed by atoms with Gasteiger partial charge in [-0.1, -0.05) is 0 Å². The number of hydrogen-bond donors (Lipinski definition) is 0. The van der Waals surface area contributed by atoms with Crippen LogP contribution in [-0.2, 0) is 23.7 Å². The summed E-state index contributed by atoms with van der Waals surface area (Å²) in [5.74, 6) is -1.45. The van der Waals surface area contributed by atoms with Crippen LogP contribution in [0, 0.1) is 0 Å². The van der Waals surface area contributed by atoms with Crippen LogP contribution < -0.4 is 0 Å². The van der Waals surface area contributed by atoms with Gasteiger partial charge in [-0.3, -0.25) is 4.79 Å². The Bertz CT molecular complexity index is 144. The van der Waals surface area contributed by atoms with E-state index in [0.717, 1.165) is 0 Å². The molecular formula is C8H16O5. The number of hydrogen-bond acceptors (Lipinski definition) is 5. The molecule has 0 fully saturated rings. The van der Waals surface area contributed by atoms with Crippen molar-refractivity contribution < 1.29 is 23.7 Å². The summed E-state index contributed by atoms with van der Waals surface area (Å²) in [5.41, 5.74) is 0. The van der Waals surface area contributed by atoms with E-state index in [0.29, 0.717) is 6.42 Å². The van der Waals surface area contributed by atoms with Gasteiger partial charge in [-0.05, 0) is 0 Å². The molecular weight excluding hydrogens is 176 g/mol. The zero-order chi connectivity index (χ0) is 10.3. The molecule has 0 saturated heterocycles. The predicted molar refractivity (Wildman–Crippen MR) is 45.0 cm³/mol. The van der Waals surface area contributed by atoms with Gasteiger partial charge in [0, 0.05) is 28.3 Å². The summed E-state index contributed by atoms with van der Waals surface area (Å²) >= 11 is 0. The molecule has 0 bridgehead atoms. The van der Waals surface area contributed by atoms with Crippen LogP contribution in [0.15, 0.2) is 0 Å². The monoisotopic (exact) mass is 192 g/mol. The predicted octanol–water partition coefficient (Wildman–Crippen LogP) is 0.533. The van der Waals surface area contributed by atoms with Crippen LogP contribution in [0.1, 0.15) is 13.3 Å². The molecule has 0 radical (unpaired) electrons. The summed E-state index contributed by atoms with van der Waals surface area (Å²) in [5, 5.41) is 0. The summed E-state index contributed by atoms with van der Waals surface area (Å²) in [6.45, 7) is 1.54. The van der Waals surface area contributed by atoms with Crippen LogP contribution in [0.25, 0.3) is 0 Å². The molecule has 13 heavy (non-hydrogen) atoms. The summed E-state index contributed by atoms with van der Waals surface area (Å²) in [4.78, 5) is 10.4. The fourth-order valence-electron chi connectivity index (χ4n) is 0.876. The molecule has 0 atom stereocenters. The molecule has 0 aliphatic heterocycles. The van der Waals surface area contributed by atoms with Gasteiger partial charge in [-0.15, -0.1) is 0 Å². The molecule has 0 aromatic carbocycles. The lowest BCUT2D eigenvalue weighted by Crippen LogP contribution is -2.37. The van der Waals surface area contributed by atoms with Gasteiger partial charge in [0.2, 0.25) is 0 Å². The van der Waals surface area contributed by atoms with Crippen LogP contribution in [0.5, 0.6) is 0 Å². The first-order chi connectivity index (χ1) is 6.10. The molecule has 0 spiro atoms. The van der Waals surface area contributed by atoms with E-state index in [1.807, 2.05) is 0 Å². The van der Waals surface area contributed by atoms with Crippen molar-refractivity contribution in [2.24, 2.45) is 0 Å². The van der Waals surface area contributed by atoms with Crippen LogP contribution >= 0.6 is 0 Å². The smallest absolute Gasteiger partial charge is 0.302 e. The molecule has 0 rings (SSSR count). The highest BCUT2D eigenvalue weighted by atomic mass is 16.9. The summed E-state index contributed by atoms with van der Waals surface area (Å²) < 4.78 is 19.7. The maximum absolute atomic E-state index is 10.4. The Morgan fingerprint density at radius 2 is 1.62 bits per heavy atom. The van der Waals surface area contributed by atoms with Crippen molar-refractivity contribution in [1.29, 1.82) is 0 Å². The molecule has 0 N–H and O–H groups in total. The molecule has 5 nitrogen and oxygen atoms in total. The van der Waals surface area contributed by atoms with Crippen molar-refractivity contribution in [2.45, 2.75) is 19.3 Å². The van der Waals surface area contributed by atoms with Gasteiger partial charge in [0.05, 0.1) is 13.0 Å². The maximum atomic E-state index is 10.4. The number of ether oxygens (including phenoxy) is 4. The number of carbonyl (C=O) groups is 1. The van der Waals surface area contributed by atoms with E-state index in [9.17, 15) is 4.79 Å². The fourth-order valence-corrected chi connectivity index (χ4v) is 0.876. The van der Waals surface area contributed by atoms with E-state index >= 15 is 0 Å². The lowest BCUT2D eigenvalue weighted by molar-refractivity contribution is -0.356. The molecule has 0 aromatic heterocycles. The van der Waals surface area contributed by atoms with Crippen molar-refractivity contribution in [3.8, 4) is 0 Å². The second kappa shape index (κ2) is 5.90. The Morgan fingerprint density at radius 3 is 1.92 bits per heavy atom. The SMILES string of the molecule is COC(CCOC(C)=O)(OC)OC. The van der Waals surface area contributed by atoms with Gasteiger partial charge in [-0.25, -0.2) is 0 Å². The minimum absolute atomic E-state index is 0.199. The van der Waals surface area contributed by atoms with E-state index in [4.69, 9.17) is 18.9 Å². The van der Waals surface area contributed by atoms with E-state index in [-0.39, 0.29) is 12.6 Å². The third-order valence-electron chi connectivity index (χ3n) is 1.65. The van der Waals surface area contributed by atoms with Gasteiger partial charge in [0.15, 0.2) is 0 Å². The number of esters is 1. The first kappa shape index (κ1) is 12.3. The van der Waals surface area contributed by atoms with Crippen molar-refractivity contribution in [2.75, 3.05) is 27.9 Å². The van der Waals surface area contributed by atoms with Crippen molar-refractivity contribution in [3.05, 3.63) is 0 Å². The van der Waals surface area contributed by atoms with Crippen LogP contribution in [0.4, 0.5) is 0 Å². The quantitative estimate of drug-likeness (QED) is 0.454. The molecule has 0 amide bonds. The second-order valence-electron chi connectivity index (χ2n) is 2.39. The third-order valence-corrected chi connectivity index (χ3v) is 1.65. The Kier molecular flexibility index (Phi) is 5.61. The highest BCUT2D eigenvalue weighted by molar-refractivity contribution is 5.65. The zero-order valence-electron chi connectivity index (χ0n) is 8.46. The maximum Gasteiger partial charge on any atom is 0.302 e. The highest BCUT2D eigenvalue weighted by Crippen LogP contribution is 2.16. The zero-order valence-corrected chi connectivity index (χ0v) is 8.46. The molecule has 0 heterocycles. The molecule has 5 heteroatoms. The molecule has 0 saturated carbocycles. The third kappa shape index (κ3) is 4.21. The number of carbonyl (C=O) groups excluding carboxylic acids is 1. The molecule has 0 aliphatic carbocycles. The minimum atomic E-state index is -1.12. The number of methoxy groups -OCH3 is 3. The van der Waals surface area contributed by atoms with E-state index in [1.165, 1.54) is 28.3 Å². The average molecular weight is 192 g/mol. The summed E-state index contributed by atoms with van der Waals surface area (Å²) in [6, 6.07) is 0. The normalized spacial score (nSPS) is 11.4. The Balaban J connectivity index is 3.88. The Hall–Kier alpha value is -0.650. The van der Waals surface area contributed by atoms with Crippen LogP contribution in [-0.4, -0.2) is 39.9 Å². The van der Waals surface area contributed by atoms with Crippen molar-refractivity contribution >= 4 is 5.97 Å². The summed E-state index contributed by atoms with van der Waals surface area (Å²) in [7, 11) is 4.38. The van der Waals surface area contributed by atoms with Crippen molar-refractivity contribution in [1.82, 2.24) is 0 Å². The van der Waals surface area contributed by atoms with Crippen molar-refractivity contribution in [3.63, 3.8) is 0 Å². The lowest BCUT2D eigenvalue weighted by Gasteiger charge is -2.28. The molecule has 0 aliphatic rings. The minimum Gasteiger partial charge on any atom is -0.466 e. The van der Waals surface area contributed by atoms with Crippen LogP contribution in [0.2, 0.25) is 0 Å². The van der Waals surface area contributed by atoms with E-state index in [2.05, 4.69) is 0 Å². The van der Waals surface area contributed by atoms with Gasteiger partial charge < -0.3 is 18.9 Å². The Labute approximate surface area is 77.9 Å². The lowest BCUT2D eigenvalue weighted by atomic mass is 10.4.